The van der Waals surface area contributed by atoms with E-state index >= 15 is 0 Å². The van der Waals surface area contributed by atoms with E-state index in [9.17, 15) is 0 Å². The highest BCUT2D eigenvalue weighted by atomic mass is 15.2. The summed E-state index contributed by atoms with van der Waals surface area (Å²) in [5.41, 5.74) is 5.64. The summed E-state index contributed by atoms with van der Waals surface area (Å²) in [5.74, 6) is 5.30. The molecule has 33 heavy (non-hydrogen) atoms. The number of hydrogen-bond acceptors (Lipinski definition) is 4. The Kier molecular flexibility index (Phi) is 12.0. The molecule has 0 saturated heterocycles. The van der Waals surface area contributed by atoms with E-state index in [0.717, 1.165) is 24.5 Å². The van der Waals surface area contributed by atoms with Crippen LogP contribution in [0.25, 0.3) is 0 Å². The van der Waals surface area contributed by atoms with Crippen LogP contribution in [0.1, 0.15) is 119 Å². The van der Waals surface area contributed by atoms with Gasteiger partial charge in [0.05, 0.1) is 0 Å². The molecule has 3 heterocycles. The van der Waals surface area contributed by atoms with Gasteiger partial charge in [0.1, 0.15) is 5.82 Å². The molecular formula is C28H49N5. The van der Waals surface area contributed by atoms with E-state index in [0.29, 0.717) is 35.5 Å². The first kappa shape index (κ1) is 29.0. The number of nitrogens with zero attached hydrogens (tertiary/aromatic N) is 4. The van der Waals surface area contributed by atoms with Gasteiger partial charge in [-0.1, -0.05) is 83.1 Å². The van der Waals surface area contributed by atoms with Gasteiger partial charge >= 0.3 is 0 Å². The van der Waals surface area contributed by atoms with Gasteiger partial charge in [0, 0.05) is 48.5 Å². The number of aromatic amines is 1. The summed E-state index contributed by atoms with van der Waals surface area (Å²) in [5, 5.41) is 7.03. The maximum Gasteiger partial charge on any atom is 0.153 e. The van der Waals surface area contributed by atoms with Crippen LogP contribution in [0.15, 0.2) is 33.5 Å². The van der Waals surface area contributed by atoms with Crippen molar-refractivity contribution in [3.05, 3.63) is 35.2 Å². The van der Waals surface area contributed by atoms with Gasteiger partial charge in [-0.05, 0) is 34.8 Å². The van der Waals surface area contributed by atoms with E-state index in [4.69, 9.17) is 0 Å². The molecule has 0 unspecified atom stereocenters. The fourth-order valence-corrected chi connectivity index (χ4v) is 3.15. The minimum Gasteiger partial charge on any atom is -0.265 e. The Hall–Kier alpha value is -2.04. The lowest BCUT2D eigenvalue weighted by Gasteiger charge is -2.07. The van der Waals surface area contributed by atoms with Crippen molar-refractivity contribution < 1.29 is 0 Å². The fraction of sp³-hybridized carbons (Fsp3) is 0.714. The fourth-order valence-electron chi connectivity index (χ4n) is 3.15. The summed E-state index contributed by atoms with van der Waals surface area (Å²) in [6, 6.07) is 0. The maximum atomic E-state index is 4.39. The van der Waals surface area contributed by atoms with Crippen molar-refractivity contribution in [2.45, 2.75) is 108 Å². The van der Waals surface area contributed by atoms with Crippen LogP contribution < -0.4 is 0 Å². The minimum atomic E-state index is 0.416. The van der Waals surface area contributed by atoms with E-state index in [2.05, 4.69) is 108 Å². The summed E-state index contributed by atoms with van der Waals surface area (Å²) >= 11 is 0. The van der Waals surface area contributed by atoms with E-state index in [1.54, 1.807) is 0 Å². The summed E-state index contributed by atoms with van der Waals surface area (Å²) in [6.07, 6.45) is 6.30. The molecule has 1 aromatic rings. The predicted molar refractivity (Wildman–Crippen MR) is 144 cm³/mol. The molecule has 2 aliphatic rings. The second kappa shape index (κ2) is 13.6. The van der Waals surface area contributed by atoms with E-state index in [1.807, 2.05) is 12.4 Å². The molecule has 0 aliphatic carbocycles. The molecule has 0 aromatic carbocycles. The Morgan fingerprint density at radius 3 is 1.18 bits per heavy atom. The molecule has 5 nitrogen and oxygen atoms in total. The number of allylic oxidation sites excluding steroid dienone is 2. The number of rotatable bonds is 6. The molecule has 186 valence electrons. The lowest BCUT2D eigenvalue weighted by Crippen LogP contribution is -2.06. The normalized spacial score (nSPS) is 15.6. The van der Waals surface area contributed by atoms with Crippen molar-refractivity contribution in [1.82, 2.24) is 15.2 Å². The third kappa shape index (κ3) is 9.77. The summed E-state index contributed by atoms with van der Waals surface area (Å²) in [7, 11) is 0. The first-order chi connectivity index (χ1) is 15.3. The number of nitrogens with one attached hydrogen (secondary N) is 1. The van der Waals surface area contributed by atoms with Gasteiger partial charge in [0.25, 0.3) is 0 Å². The Balaban J connectivity index is 0.000000247. The highest BCUT2D eigenvalue weighted by Gasteiger charge is 2.15. The molecule has 0 bridgehead atoms. The summed E-state index contributed by atoms with van der Waals surface area (Å²) in [4.78, 5) is 13.1. The molecule has 1 aromatic heterocycles. The number of H-pyrrole nitrogens is 1. The second-order valence-electron chi connectivity index (χ2n) is 11.0. The van der Waals surface area contributed by atoms with Crippen LogP contribution in [-0.2, 0) is 0 Å². The molecule has 2 aliphatic heterocycles. The van der Waals surface area contributed by atoms with Gasteiger partial charge in [-0.2, -0.15) is 5.10 Å². The van der Waals surface area contributed by atoms with Crippen LogP contribution in [0.2, 0.25) is 0 Å². The van der Waals surface area contributed by atoms with Gasteiger partial charge in [0.15, 0.2) is 5.82 Å². The molecule has 0 atom stereocenters. The standard InChI is InChI=1S/2C10H17N.C8H15N3/c2*1-7(2)9-5-10(8(3)4)11-6-9;1-5(2)7-9-8(6(3)4)11-10-7/h2*6-8H,5H2,1-4H3;5-6H,1-4H3,(H,9,10,11). The lowest BCUT2D eigenvalue weighted by atomic mass is 9.96. The van der Waals surface area contributed by atoms with Crippen molar-refractivity contribution in [2.75, 3.05) is 0 Å². The quantitative estimate of drug-likeness (QED) is 0.471. The van der Waals surface area contributed by atoms with E-state index in [-0.39, 0.29) is 0 Å². The smallest absolute Gasteiger partial charge is 0.153 e. The Labute approximate surface area is 203 Å². The molecule has 0 radical (unpaired) electrons. The average molecular weight is 456 g/mol. The molecular weight excluding hydrogens is 406 g/mol. The second-order valence-corrected chi connectivity index (χ2v) is 11.0. The van der Waals surface area contributed by atoms with E-state index in [1.165, 1.54) is 22.6 Å². The lowest BCUT2D eigenvalue weighted by molar-refractivity contribution is 0.749. The van der Waals surface area contributed by atoms with Gasteiger partial charge in [-0.15, -0.1) is 0 Å². The Morgan fingerprint density at radius 1 is 0.576 bits per heavy atom. The van der Waals surface area contributed by atoms with E-state index < -0.39 is 0 Å². The monoisotopic (exact) mass is 455 g/mol. The molecule has 1 N–H and O–H groups in total. The number of hydrogen-bond donors (Lipinski definition) is 1. The van der Waals surface area contributed by atoms with Crippen molar-refractivity contribution in [2.24, 2.45) is 33.7 Å². The summed E-state index contributed by atoms with van der Waals surface area (Å²) < 4.78 is 0. The van der Waals surface area contributed by atoms with Crippen molar-refractivity contribution in [3.63, 3.8) is 0 Å². The van der Waals surface area contributed by atoms with Crippen LogP contribution >= 0.6 is 0 Å². The SMILES string of the molecule is CC(C)C1=CN=C(C(C)C)C1.CC(C)C1=CN=C(C(C)C)C1.CC(C)c1n[nH]c(C(C)C)n1. The molecule has 3 rings (SSSR count). The van der Waals surface area contributed by atoms with Crippen molar-refractivity contribution >= 4 is 11.4 Å². The van der Waals surface area contributed by atoms with Gasteiger partial charge < -0.3 is 0 Å². The molecule has 0 fully saturated rings. The van der Waals surface area contributed by atoms with Crippen molar-refractivity contribution in [3.8, 4) is 0 Å². The number of aromatic nitrogens is 3. The van der Waals surface area contributed by atoms with Crippen molar-refractivity contribution in [1.29, 1.82) is 0 Å². The van der Waals surface area contributed by atoms with Gasteiger partial charge in [-0.25, -0.2) is 4.98 Å². The van der Waals surface area contributed by atoms with Gasteiger partial charge in [0.2, 0.25) is 0 Å². The summed E-state index contributed by atoms with van der Waals surface area (Å²) in [6.45, 7) is 26.1. The zero-order valence-corrected chi connectivity index (χ0v) is 23.3. The third-order valence-corrected chi connectivity index (χ3v) is 5.96. The zero-order valence-electron chi connectivity index (χ0n) is 23.3. The molecule has 0 saturated carbocycles. The minimum absolute atomic E-state index is 0.416. The predicted octanol–water partition coefficient (Wildman–Crippen LogP) is 8.11. The average Bonchev–Trinajstić information content (AvgIpc) is 3.49. The van der Waals surface area contributed by atoms with Crippen LogP contribution in [0.5, 0.6) is 0 Å². The Morgan fingerprint density at radius 2 is 1.00 bits per heavy atom. The first-order valence-electron chi connectivity index (χ1n) is 12.8. The van der Waals surface area contributed by atoms with Crippen LogP contribution in [0.4, 0.5) is 0 Å². The van der Waals surface area contributed by atoms with Gasteiger partial charge in [-0.3, -0.25) is 15.1 Å². The maximum absolute atomic E-state index is 4.39. The topological polar surface area (TPSA) is 66.3 Å². The van der Waals surface area contributed by atoms with Crippen LogP contribution in [-0.4, -0.2) is 26.6 Å². The zero-order chi connectivity index (χ0) is 25.3. The Bertz CT molecular complexity index is 733. The third-order valence-electron chi connectivity index (χ3n) is 5.96. The first-order valence-corrected chi connectivity index (χ1v) is 12.8. The van der Waals surface area contributed by atoms with Crippen LogP contribution in [0.3, 0.4) is 0 Å². The molecule has 0 amide bonds. The highest BCUT2D eigenvalue weighted by Crippen LogP contribution is 2.23. The highest BCUT2D eigenvalue weighted by molar-refractivity contribution is 5.91. The van der Waals surface area contributed by atoms with Crippen LogP contribution in [0, 0.1) is 23.7 Å². The largest absolute Gasteiger partial charge is 0.265 e. The number of aliphatic imine (C=N–C) groups is 2. The molecule has 5 heteroatoms. The molecule has 0 spiro atoms.